The molecule has 6 heterocycles. The molecule has 17 heteroatoms. The van der Waals surface area contributed by atoms with Crippen LogP contribution in [0.5, 0.6) is 0 Å². The van der Waals surface area contributed by atoms with E-state index < -0.39 is 6.09 Å². The van der Waals surface area contributed by atoms with Gasteiger partial charge < -0.3 is 36.2 Å². The number of carbonyl (C=O) groups excluding carboxylic acids is 1. The van der Waals surface area contributed by atoms with Crippen LogP contribution >= 0.6 is 0 Å². The summed E-state index contributed by atoms with van der Waals surface area (Å²) in [6.07, 6.45) is -0.935. The first kappa shape index (κ1) is 40.2. The highest BCUT2D eigenvalue weighted by atomic mass is 19.1. The van der Waals surface area contributed by atoms with Crippen LogP contribution in [0.4, 0.5) is 37.1 Å². The Kier molecular flexibility index (Phi) is 11.2. The molecule has 61 heavy (non-hydrogen) atoms. The number of nitrogen functional groups attached to an aromatic ring is 2. The van der Waals surface area contributed by atoms with E-state index in [-0.39, 0.29) is 41.5 Å². The lowest BCUT2D eigenvalue weighted by atomic mass is 10.1. The summed E-state index contributed by atoms with van der Waals surface area (Å²) < 4.78 is 26.6. The standard InChI is InChI=1S/C25H23FN6O.C19H19FN6O2/c1-16-15-31(24(33)18-5-3-2-4-6-18)13-14-32(16)23-22-21(29-25(27)30-23)12-11-20(28-22)17-7-9-19(26)10-8-17;1-11-10-25(19(27)28)8-9-26(11)17-16-15(23-18(21)24-17)7-6-14(22-16)12-2-4-13(20)5-3-12/h2-12,16H,13-15H2,1H3,(H2,27,29,30);2-7,11H,8-10H2,1H3,(H,27,28)(H2,21,23,24)/t16-;11-/m10/s1. The highest BCUT2D eigenvalue weighted by Crippen LogP contribution is 2.31. The number of carbonyl (C=O) groups is 2. The number of carboxylic acid groups (broad SMARTS) is 1. The van der Waals surface area contributed by atoms with E-state index in [0.29, 0.717) is 89.9 Å². The maximum atomic E-state index is 13.4. The third-order valence-corrected chi connectivity index (χ3v) is 10.7. The Hall–Kier alpha value is -7.56. The summed E-state index contributed by atoms with van der Waals surface area (Å²) in [4.78, 5) is 58.6. The Labute approximate surface area is 349 Å². The number of pyridine rings is 2. The third kappa shape index (κ3) is 8.62. The van der Waals surface area contributed by atoms with Crippen molar-refractivity contribution in [2.45, 2.75) is 25.9 Å². The van der Waals surface area contributed by atoms with Crippen LogP contribution in [0, 0.1) is 11.6 Å². The molecular weight excluding hydrogens is 783 g/mol. The lowest BCUT2D eigenvalue weighted by Crippen LogP contribution is -2.54. The van der Waals surface area contributed by atoms with Gasteiger partial charge in [-0.2, -0.15) is 9.97 Å². The summed E-state index contributed by atoms with van der Waals surface area (Å²) in [6.45, 7) is 6.88. The molecule has 5 N–H and O–H groups in total. The quantitative estimate of drug-likeness (QED) is 0.173. The number of halogens is 2. The Bertz CT molecular complexity index is 2730. The van der Waals surface area contributed by atoms with Gasteiger partial charge in [0, 0.05) is 68.0 Å². The molecular formula is C44H42F2N12O3. The van der Waals surface area contributed by atoms with Gasteiger partial charge in [-0.25, -0.2) is 33.5 Å². The highest BCUT2D eigenvalue weighted by molar-refractivity contribution is 5.95. The molecule has 7 aromatic rings. The SMILES string of the molecule is C[C@@H]1CN(C(=O)c2ccccc2)CCN1c1nc(N)nc2ccc(-c3ccc(F)cc3)nc12.C[C@H]1CN(C(=O)O)CCN1c1nc(N)nc2ccc(-c3ccc(F)cc3)nc12. The lowest BCUT2D eigenvalue weighted by molar-refractivity contribution is 0.0726. The Balaban J connectivity index is 0.000000171. The maximum Gasteiger partial charge on any atom is 0.407 e. The minimum atomic E-state index is -0.935. The van der Waals surface area contributed by atoms with Gasteiger partial charge in [0.15, 0.2) is 11.6 Å². The number of amides is 2. The number of benzene rings is 3. The summed E-state index contributed by atoms with van der Waals surface area (Å²) in [7, 11) is 0. The molecule has 2 aliphatic heterocycles. The third-order valence-electron chi connectivity index (χ3n) is 10.7. The number of nitrogens with two attached hydrogens (primary N) is 2. The van der Waals surface area contributed by atoms with Gasteiger partial charge in [-0.3, -0.25) is 4.79 Å². The molecule has 9 rings (SSSR count). The van der Waals surface area contributed by atoms with Crippen molar-refractivity contribution in [1.82, 2.24) is 39.7 Å². The average molecular weight is 825 g/mol. The molecule has 2 atom stereocenters. The molecule has 4 aromatic heterocycles. The molecule has 2 amide bonds. The molecule has 0 radical (unpaired) electrons. The minimum Gasteiger partial charge on any atom is -0.465 e. The number of nitrogens with zero attached hydrogens (tertiary/aromatic N) is 10. The maximum absolute atomic E-state index is 13.4. The number of anilines is 4. The van der Waals surface area contributed by atoms with Gasteiger partial charge in [-0.15, -0.1) is 0 Å². The lowest BCUT2D eigenvalue weighted by Gasteiger charge is -2.40. The van der Waals surface area contributed by atoms with Crippen molar-refractivity contribution in [2.24, 2.45) is 0 Å². The van der Waals surface area contributed by atoms with E-state index in [9.17, 15) is 23.5 Å². The van der Waals surface area contributed by atoms with Crippen molar-refractivity contribution in [3.05, 3.63) is 120 Å². The number of aromatic nitrogens is 6. The van der Waals surface area contributed by atoms with Crippen LogP contribution in [0.1, 0.15) is 24.2 Å². The molecule has 2 saturated heterocycles. The number of hydrogen-bond acceptors (Lipinski definition) is 12. The predicted octanol–water partition coefficient (Wildman–Crippen LogP) is 6.37. The van der Waals surface area contributed by atoms with Crippen LogP contribution < -0.4 is 21.3 Å². The van der Waals surface area contributed by atoms with Crippen LogP contribution in [0.2, 0.25) is 0 Å². The molecule has 0 unspecified atom stereocenters. The Morgan fingerprint density at radius 3 is 1.46 bits per heavy atom. The van der Waals surface area contributed by atoms with Crippen molar-refractivity contribution >= 4 is 57.6 Å². The van der Waals surface area contributed by atoms with Crippen LogP contribution in [-0.2, 0) is 0 Å². The fourth-order valence-corrected chi connectivity index (χ4v) is 7.66. The first-order valence-corrected chi connectivity index (χ1v) is 19.7. The van der Waals surface area contributed by atoms with E-state index in [1.807, 2.05) is 59.2 Å². The zero-order valence-electron chi connectivity index (χ0n) is 33.4. The van der Waals surface area contributed by atoms with Crippen LogP contribution in [0.15, 0.2) is 103 Å². The minimum absolute atomic E-state index is 0.000175. The number of fused-ring (bicyclic) bond motifs is 2. The van der Waals surface area contributed by atoms with E-state index in [2.05, 4.69) is 31.8 Å². The van der Waals surface area contributed by atoms with E-state index >= 15 is 0 Å². The largest absolute Gasteiger partial charge is 0.465 e. The predicted molar refractivity (Wildman–Crippen MR) is 230 cm³/mol. The van der Waals surface area contributed by atoms with Crippen molar-refractivity contribution in [3.63, 3.8) is 0 Å². The van der Waals surface area contributed by atoms with Crippen LogP contribution in [-0.4, -0.2) is 108 Å². The van der Waals surface area contributed by atoms with Crippen molar-refractivity contribution in [1.29, 1.82) is 0 Å². The van der Waals surface area contributed by atoms with Crippen LogP contribution in [0.3, 0.4) is 0 Å². The Morgan fingerprint density at radius 1 is 0.574 bits per heavy atom. The average Bonchev–Trinajstić information content (AvgIpc) is 3.26. The van der Waals surface area contributed by atoms with Crippen molar-refractivity contribution < 1.29 is 23.5 Å². The summed E-state index contributed by atoms with van der Waals surface area (Å²) in [6, 6.07) is 28.8. The second-order valence-corrected chi connectivity index (χ2v) is 14.9. The van der Waals surface area contributed by atoms with Gasteiger partial charge in [-0.05, 0) is 98.8 Å². The normalized spacial score (nSPS) is 16.7. The second-order valence-electron chi connectivity index (χ2n) is 14.9. The molecule has 0 saturated carbocycles. The molecule has 310 valence electrons. The number of hydrogen-bond donors (Lipinski definition) is 3. The topological polar surface area (TPSA) is 197 Å². The summed E-state index contributed by atoms with van der Waals surface area (Å²) >= 11 is 0. The van der Waals surface area contributed by atoms with Gasteiger partial charge in [0.05, 0.1) is 22.4 Å². The van der Waals surface area contributed by atoms with Gasteiger partial charge in [0.1, 0.15) is 22.7 Å². The second kappa shape index (κ2) is 17.0. The molecule has 0 bridgehead atoms. The van der Waals surface area contributed by atoms with Crippen molar-refractivity contribution in [2.75, 3.05) is 60.5 Å². The first-order chi connectivity index (χ1) is 29.4. The van der Waals surface area contributed by atoms with Gasteiger partial charge in [0.2, 0.25) is 11.9 Å². The summed E-state index contributed by atoms with van der Waals surface area (Å²) in [5.74, 6) is 0.922. The van der Waals surface area contributed by atoms with E-state index in [0.717, 1.165) is 11.1 Å². The van der Waals surface area contributed by atoms with Gasteiger partial charge in [0.25, 0.3) is 5.91 Å². The number of piperazine rings is 2. The molecule has 15 nitrogen and oxygen atoms in total. The van der Waals surface area contributed by atoms with Crippen LogP contribution in [0.25, 0.3) is 44.6 Å². The van der Waals surface area contributed by atoms with Gasteiger partial charge in [-0.1, -0.05) is 18.2 Å². The smallest absolute Gasteiger partial charge is 0.407 e. The zero-order chi connectivity index (χ0) is 42.8. The number of rotatable bonds is 5. The zero-order valence-corrected chi connectivity index (χ0v) is 33.4. The van der Waals surface area contributed by atoms with E-state index in [1.54, 1.807) is 36.4 Å². The highest BCUT2D eigenvalue weighted by Gasteiger charge is 2.31. The van der Waals surface area contributed by atoms with E-state index in [4.69, 9.17) is 21.4 Å². The molecule has 2 aliphatic rings. The fourth-order valence-electron chi connectivity index (χ4n) is 7.66. The first-order valence-electron chi connectivity index (χ1n) is 19.7. The van der Waals surface area contributed by atoms with Crippen molar-refractivity contribution in [3.8, 4) is 22.5 Å². The Morgan fingerprint density at radius 2 is 1.02 bits per heavy atom. The monoisotopic (exact) mass is 824 g/mol. The fraction of sp³-hybridized carbons (Fsp3) is 0.227. The molecule has 0 aliphatic carbocycles. The molecule has 2 fully saturated rings. The molecule has 0 spiro atoms. The molecule has 3 aromatic carbocycles. The van der Waals surface area contributed by atoms with Gasteiger partial charge >= 0.3 is 6.09 Å². The summed E-state index contributed by atoms with van der Waals surface area (Å²) in [5, 5.41) is 9.23. The van der Waals surface area contributed by atoms with E-state index in [1.165, 1.54) is 29.2 Å². The summed E-state index contributed by atoms with van der Waals surface area (Å²) in [5.41, 5.74) is 18.0.